The van der Waals surface area contributed by atoms with Crippen LogP contribution in [-0.4, -0.2) is 39.8 Å². The summed E-state index contributed by atoms with van der Waals surface area (Å²) in [5, 5.41) is 2.80. The van der Waals surface area contributed by atoms with Gasteiger partial charge in [0.25, 0.3) is 5.91 Å². The van der Waals surface area contributed by atoms with Crippen molar-refractivity contribution >= 4 is 17.6 Å². The number of amides is 1. The van der Waals surface area contributed by atoms with Crippen molar-refractivity contribution in [3.05, 3.63) is 77.9 Å². The maximum atomic E-state index is 13.3. The summed E-state index contributed by atoms with van der Waals surface area (Å²) in [4.78, 5) is 26.5. The molecule has 0 spiro atoms. The van der Waals surface area contributed by atoms with Gasteiger partial charge in [0.1, 0.15) is 17.1 Å². The zero-order chi connectivity index (χ0) is 24.5. The summed E-state index contributed by atoms with van der Waals surface area (Å²) in [5.41, 5.74) is 1.06. The normalized spacial score (nSPS) is 11.2. The second kappa shape index (κ2) is 11.6. The highest BCUT2D eigenvalue weighted by Gasteiger charge is 2.28. The lowest BCUT2D eigenvalue weighted by Crippen LogP contribution is -2.26. The summed E-state index contributed by atoms with van der Waals surface area (Å²) in [6.07, 6.45) is -1.24. The number of esters is 1. The van der Waals surface area contributed by atoms with E-state index >= 15 is 0 Å². The van der Waals surface area contributed by atoms with Gasteiger partial charge < -0.3 is 29.0 Å². The Morgan fingerprint density at radius 2 is 1.41 bits per heavy atom. The number of carbonyl (C=O) groups excluding carboxylic acids is 2. The molecule has 0 aliphatic heterocycles. The lowest BCUT2D eigenvalue weighted by Gasteiger charge is -2.20. The van der Waals surface area contributed by atoms with Crippen molar-refractivity contribution in [1.82, 2.24) is 0 Å². The molecule has 178 valence electrons. The second-order valence-corrected chi connectivity index (χ2v) is 7.02. The number of rotatable bonds is 10. The predicted molar refractivity (Wildman–Crippen MR) is 127 cm³/mol. The van der Waals surface area contributed by atoms with Crippen LogP contribution >= 0.6 is 0 Å². The first-order valence-corrected chi connectivity index (χ1v) is 10.6. The van der Waals surface area contributed by atoms with E-state index < -0.39 is 18.0 Å². The fraction of sp³-hybridized carbons (Fsp3) is 0.231. The molecule has 0 aromatic heterocycles. The van der Waals surface area contributed by atoms with Crippen molar-refractivity contribution in [3.63, 3.8) is 0 Å². The van der Waals surface area contributed by atoms with E-state index in [0.717, 1.165) is 0 Å². The summed E-state index contributed by atoms with van der Waals surface area (Å²) in [7, 11) is 4.35. The van der Waals surface area contributed by atoms with Gasteiger partial charge in [-0.15, -0.1) is 0 Å². The lowest BCUT2D eigenvalue weighted by molar-refractivity contribution is -0.125. The molecule has 3 aromatic carbocycles. The summed E-state index contributed by atoms with van der Waals surface area (Å²) in [5.74, 6) is 0.142. The van der Waals surface area contributed by atoms with Crippen LogP contribution in [0.5, 0.6) is 23.0 Å². The molecule has 0 bridgehead atoms. The maximum Gasteiger partial charge on any atom is 0.343 e. The van der Waals surface area contributed by atoms with Gasteiger partial charge in [-0.2, -0.15) is 0 Å². The highest BCUT2D eigenvalue weighted by molar-refractivity contribution is 6.00. The summed E-state index contributed by atoms with van der Waals surface area (Å²) in [6, 6.07) is 18.7. The number of methoxy groups -OCH3 is 3. The highest BCUT2D eigenvalue weighted by atomic mass is 16.6. The Morgan fingerprint density at radius 1 is 0.794 bits per heavy atom. The van der Waals surface area contributed by atoms with Gasteiger partial charge in [0.15, 0.2) is 11.5 Å². The molecule has 8 nitrogen and oxygen atoms in total. The Kier molecular flexibility index (Phi) is 8.34. The largest absolute Gasteiger partial charge is 0.496 e. The van der Waals surface area contributed by atoms with E-state index in [2.05, 4.69) is 5.32 Å². The van der Waals surface area contributed by atoms with Crippen LogP contribution in [0.25, 0.3) is 0 Å². The number of carbonyl (C=O) groups is 2. The van der Waals surface area contributed by atoms with Crippen LogP contribution in [0.2, 0.25) is 0 Å². The molecule has 0 aliphatic rings. The first-order chi connectivity index (χ1) is 16.5. The van der Waals surface area contributed by atoms with Gasteiger partial charge >= 0.3 is 5.97 Å². The molecular weight excluding hydrogens is 438 g/mol. The van der Waals surface area contributed by atoms with E-state index in [1.54, 1.807) is 48.5 Å². The third-order valence-electron chi connectivity index (χ3n) is 4.94. The van der Waals surface area contributed by atoms with Crippen molar-refractivity contribution in [3.8, 4) is 23.0 Å². The summed E-state index contributed by atoms with van der Waals surface area (Å²) in [6.45, 7) is 2.28. The van der Waals surface area contributed by atoms with E-state index in [1.165, 1.54) is 33.5 Å². The van der Waals surface area contributed by atoms with Gasteiger partial charge in [-0.05, 0) is 19.1 Å². The van der Waals surface area contributed by atoms with Gasteiger partial charge in [0, 0.05) is 17.7 Å². The Labute approximate surface area is 198 Å². The zero-order valence-electron chi connectivity index (χ0n) is 19.5. The molecular formula is C26H27NO7. The minimum atomic E-state index is -1.24. The smallest absolute Gasteiger partial charge is 0.343 e. The summed E-state index contributed by atoms with van der Waals surface area (Å²) >= 11 is 0. The molecule has 0 saturated heterocycles. The maximum absolute atomic E-state index is 13.3. The van der Waals surface area contributed by atoms with Gasteiger partial charge in [-0.3, -0.25) is 4.79 Å². The predicted octanol–water partition coefficient (Wildman–Crippen LogP) is 4.65. The molecule has 0 saturated carbocycles. The van der Waals surface area contributed by atoms with Gasteiger partial charge in [0.2, 0.25) is 6.10 Å². The third-order valence-corrected chi connectivity index (χ3v) is 4.94. The quantitative estimate of drug-likeness (QED) is 0.436. The fourth-order valence-electron chi connectivity index (χ4n) is 3.31. The Hall–Kier alpha value is -4.20. The molecule has 34 heavy (non-hydrogen) atoms. The second-order valence-electron chi connectivity index (χ2n) is 7.02. The van der Waals surface area contributed by atoms with Crippen LogP contribution in [0.3, 0.4) is 0 Å². The van der Waals surface area contributed by atoms with E-state index in [9.17, 15) is 9.59 Å². The molecule has 0 heterocycles. The van der Waals surface area contributed by atoms with E-state index in [1.807, 2.05) is 13.0 Å². The zero-order valence-corrected chi connectivity index (χ0v) is 19.5. The topological polar surface area (TPSA) is 92.3 Å². The number of anilines is 1. The minimum Gasteiger partial charge on any atom is -0.496 e. The van der Waals surface area contributed by atoms with Crippen LogP contribution in [0, 0.1) is 0 Å². The van der Waals surface area contributed by atoms with Crippen LogP contribution in [0.1, 0.15) is 28.9 Å². The van der Waals surface area contributed by atoms with Gasteiger partial charge in [-0.25, -0.2) is 4.79 Å². The first-order valence-electron chi connectivity index (χ1n) is 10.6. The average molecular weight is 466 g/mol. The Bertz CT molecular complexity index is 1130. The fourth-order valence-corrected chi connectivity index (χ4v) is 3.31. The lowest BCUT2D eigenvalue weighted by atomic mass is 10.1. The number of hydrogen-bond donors (Lipinski definition) is 1. The minimum absolute atomic E-state index is 0.0867. The van der Waals surface area contributed by atoms with Crippen molar-refractivity contribution in [2.24, 2.45) is 0 Å². The number of para-hydroxylation sites is 2. The van der Waals surface area contributed by atoms with Crippen LogP contribution in [0.4, 0.5) is 5.69 Å². The molecule has 8 heteroatoms. The number of benzene rings is 3. The molecule has 1 N–H and O–H groups in total. The van der Waals surface area contributed by atoms with Crippen molar-refractivity contribution in [1.29, 1.82) is 0 Å². The molecule has 1 atom stereocenters. The molecule has 3 aromatic rings. The van der Waals surface area contributed by atoms with Crippen LogP contribution in [0.15, 0.2) is 66.7 Å². The SMILES string of the molecule is CCOc1ccccc1NC(=O)[C@H](OC(=O)c1cc(OC)c(OC)cc1OC)c1ccccc1. The molecule has 0 fully saturated rings. The van der Waals surface area contributed by atoms with E-state index in [4.69, 9.17) is 23.7 Å². The number of ether oxygens (including phenoxy) is 5. The van der Waals surface area contributed by atoms with Gasteiger partial charge in [-0.1, -0.05) is 42.5 Å². The number of hydrogen-bond acceptors (Lipinski definition) is 7. The van der Waals surface area contributed by atoms with Crippen molar-refractivity contribution < 1.29 is 33.3 Å². The molecule has 0 radical (unpaired) electrons. The Morgan fingerprint density at radius 3 is 2.06 bits per heavy atom. The van der Waals surface area contributed by atoms with E-state index in [0.29, 0.717) is 35.1 Å². The Balaban J connectivity index is 1.94. The third kappa shape index (κ3) is 5.58. The van der Waals surface area contributed by atoms with E-state index in [-0.39, 0.29) is 11.3 Å². The first kappa shape index (κ1) is 24.4. The highest BCUT2D eigenvalue weighted by Crippen LogP contribution is 2.36. The average Bonchev–Trinajstić information content (AvgIpc) is 2.87. The van der Waals surface area contributed by atoms with Gasteiger partial charge in [0.05, 0.1) is 33.6 Å². The molecule has 0 aliphatic carbocycles. The standard InChI is InChI=1S/C26H27NO7/c1-5-33-20-14-10-9-13-19(20)27-25(28)24(17-11-7-6-8-12-17)34-26(29)18-15-22(31-3)23(32-4)16-21(18)30-2/h6-16,24H,5H2,1-4H3,(H,27,28)/t24-/m1/s1. The molecule has 0 unspecified atom stereocenters. The molecule has 1 amide bonds. The summed E-state index contributed by atoms with van der Waals surface area (Å²) < 4.78 is 27.2. The van der Waals surface area contributed by atoms with Crippen LogP contribution in [-0.2, 0) is 9.53 Å². The van der Waals surface area contributed by atoms with Crippen LogP contribution < -0.4 is 24.3 Å². The van der Waals surface area contributed by atoms with Crippen molar-refractivity contribution in [2.45, 2.75) is 13.0 Å². The number of nitrogens with one attached hydrogen (secondary N) is 1. The van der Waals surface area contributed by atoms with Crippen molar-refractivity contribution in [2.75, 3.05) is 33.3 Å². The monoisotopic (exact) mass is 465 g/mol. The molecule has 3 rings (SSSR count).